The Morgan fingerprint density at radius 1 is 1.60 bits per heavy atom. The van der Waals surface area contributed by atoms with Crippen molar-refractivity contribution in [2.75, 3.05) is 7.05 Å². The first kappa shape index (κ1) is 8.88. The van der Waals surface area contributed by atoms with Crippen molar-refractivity contribution in [1.82, 2.24) is 4.90 Å². The van der Waals surface area contributed by atoms with Gasteiger partial charge in [0.2, 0.25) is 5.91 Å². The van der Waals surface area contributed by atoms with Crippen molar-refractivity contribution in [3.63, 3.8) is 0 Å². The molecule has 0 fully saturated rings. The van der Waals surface area contributed by atoms with Gasteiger partial charge in [-0.3, -0.25) is 4.79 Å². The average Bonchev–Trinajstić information content (AvgIpc) is 1.88. The Kier molecular flexibility index (Phi) is 4.20. The SMILES string of the molecule is C/C=C\N=CN(C)C(C)=O. The molecule has 0 aromatic carbocycles. The van der Waals surface area contributed by atoms with Gasteiger partial charge in [-0.2, -0.15) is 0 Å². The maximum atomic E-state index is 10.5. The molecule has 0 heterocycles. The second kappa shape index (κ2) is 4.73. The highest BCUT2D eigenvalue weighted by molar-refractivity contribution is 5.85. The van der Waals surface area contributed by atoms with E-state index in [0.717, 1.165) is 0 Å². The number of hydrogen-bond donors (Lipinski definition) is 0. The number of hydrogen-bond acceptors (Lipinski definition) is 2. The standard InChI is InChI=1S/C7H12N2O/c1-4-5-8-6-9(3)7(2)10/h4-6H,1-3H3/b5-4-,8-6?. The van der Waals surface area contributed by atoms with Crippen LogP contribution in [-0.4, -0.2) is 24.2 Å². The van der Waals surface area contributed by atoms with Crippen LogP contribution in [0.15, 0.2) is 17.3 Å². The lowest BCUT2D eigenvalue weighted by atomic mass is 10.6. The number of carbonyl (C=O) groups excluding carboxylic acids is 1. The van der Waals surface area contributed by atoms with Crippen LogP contribution in [0, 0.1) is 0 Å². The summed E-state index contributed by atoms with van der Waals surface area (Å²) >= 11 is 0. The summed E-state index contributed by atoms with van der Waals surface area (Å²) in [6.07, 6.45) is 4.90. The van der Waals surface area contributed by atoms with Gasteiger partial charge in [0.05, 0.1) is 6.34 Å². The van der Waals surface area contributed by atoms with E-state index in [1.165, 1.54) is 18.2 Å². The number of rotatable bonds is 2. The van der Waals surface area contributed by atoms with Crippen LogP contribution in [0.4, 0.5) is 0 Å². The molecule has 1 amide bonds. The molecular weight excluding hydrogens is 128 g/mol. The largest absolute Gasteiger partial charge is 0.306 e. The van der Waals surface area contributed by atoms with Crippen molar-refractivity contribution in [2.24, 2.45) is 4.99 Å². The molecule has 0 saturated heterocycles. The molecule has 3 nitrogen and oxygen atoms in total. The van der Waals surface area contributed by atoms with E-state index in [1.807, 2.05) is 6.92 Å². The minimum absolute atomic E-state index is 0.0201. The van der Waals surface area contributed by atoms with Gasteiger partial charge in [-0.05, 0) is 6.92 Å². The van der Waals surface area contributed by atoms with Crippen LogP contribution in [0.5, 0.6) is 0 Å². The van der Waals surface area contributed by atoms with Gasteiger partial charge in [0.25, 0.3) is 0 Å². The summed E-state index contributed by atoms with van der Waals surface area (Å²) in [7, 11) is 1.66. The summed E-state index contributed by atoms with van der Waals surface area (Å²) in [5.74, 6) is -0.0201. The summed E-state index contributed by atoms with van der Waals surface area (Å²) in [6.45, 7) is 3.35. The first-order valence-electron chi connectivity index (χ1n) is 3.06. The summed E-state index contributed by atoms with van der Waals surface area (Å²) in [4.78, 5) is 15.8. The molecule has 0 atom stereocenters. The molecule has 3 heteroatoms. The Labute approximate surface area is 61.1 Å². The monoisotopic (exact) mass is 140 g/mol. The van der Waals surface area contributed by atoms with Crippen molar-refractivity contribution < 1.29 is 4.79 Å². The summed E-state index contributed by atoms with van der Waals surface area (Å²) < 4.78 is 0. The van der Waals surface area contributed by atoms with Crippen molar-refractivity contribution in [3.05, 3.63) is 12.3 Å². The molecule has 0 aliphatic heterocycles. The average molecular weight is 140 g/mol. The van der Waals surface area contributed by atoms with Gasteiger partial charge in [0.15, 0.2) is 0 Å². The minimum atomic E-state index is -0.0201. The molecule has 0 unspecified atom stereocenters. The summed E-state index contributed by atoms with van der Waals surface area (Å²) in [5.41, 5.74) is 0. The fraction of sp³-hybridized carbons (Fsp3) is 0.429. The number of allylic oxidation sites excluding steroid dienone is 1. The number of amides is 1. The van der Waals surface area contributed by atoms with Gasteiger partial charge in [-0.1, -0.05) is 6.08 Å². The highest BCUT2D eigenvalue weighted by Crippen LogP contribution is 1.78. The third-order valence-electron chi connectivity index (χ3n) is 0.972. The normalized spacial score (nSPS) is 11.1. The Morgan fingerprint density at radius 3 is 2.60 bits per heavy atom. The van der Waals surface area contributed by atoms with E-state index in [0.29, 0.717) is 0 Å². The maximum absolute atomic E-state index is 10.5. The zero-order valence-electron chi connectivity index (χ0n) is 6.53. The zero-order chi connectivity index (χ0) is 7.98. The van der Waals surface area contributed by atoms with Crippen molar-refractivity contribution in [2.45, 2.75) is 13.8 Å². The molecule has 0 N–H and O–H groups in total. The molecule has 10 heavy (non-hydrogen) atoms. The van der Waals surface area contributed by atoms with Crippen LogP contribution in [-0.2, 0) is 4.79 Å². The van der Waals surface area contributed by atoms with E-state index in [-0.39, 0.29) is 5.91 Å². The van der Waals surface area contributed by atoms with E-state index in [1.54, 1.807) is 19.3 Å². The van der Waals surface area contributed by atoms with E-state index < -0.39 is 0 Å². The second-order valence-electron chi connectivity index (χ2n) is 1.88. The minimum Gasteiger partial charge on any atom is -0.306 e. The lowest BCUT2D eigenvalue weighted by Crippen LogP contribution is -2.21. The zero-order valence-corrected chi connectivity index (χ0v) is 6.53. The molecule has 56 valence electrons. The molecule has 0 saturated carbocycles. The van der Waals surface area contributed by atoms with Crippen LogP contribution in [0.25, 0.3) is 0 Å². The number of carbonyl (C=O) groups is 1. The molecule has 0 aliphatic carbocycles. The maximum Gasteiger partial charge on any atom is 0.224 e. The van der Waals surface area contributed by atoms with E-state index in [9.17, 15) is 4.79 Å². The molecular formula is C7H12N2O. The third-order valence-corrected chi connectivity index (χ3v) is 0.972. The van der Waals surface area contributed by atoms with E-state index in [2.05, 4.69) is 4.99 Å². The predicted molar refractivity (Wildman–Crippen MR) is 41.8 cm³/mol. The lowest BCUT2D eigenvalue weighted by Gasteiger charge is -2.04. The topological polar surface area (TPSA) is 32.7 Å². The fourth-order valence-electron chi connectivity index (χ4n) is 0.306. The molecule has 0 aliphatic rings. The summed E-state index contributed by atoms with van der Waals surface area (Å²) in [6, 6.07) is 0. The van der Waals surface area contributed by atoms with Gasteiger partial charge < -0.3 is 4.90 Å². The Balaban J connectivity index is 3.77. The molecule has 0 rings (SSSR count). The first-order chi connectivity index (χ1) is 4.68. The fourth-order valence-corrected chi connectivity index (χ4v) is 0.306. The van der Waals surface area contributed by atoms with Crippen molar-refractivity contribution in [1.29, 1.82) is 0 Å². The van der Waals surface area contributed by atoms with Gasteiger partial charge in [-0.15, -0.1) is 0 Å². The second-order valence-corrected chi connectivity index (χ2v) is 1.88. The first-order valence-corrected chi connectivity index (χ1v) is 3.06. The highest BCUT2D eigenvalue weighted by atomic mass is 16.2. The summed E-state index contributed by atoms with van der Waals surface area (Å²) in [5, 5.41) is 0. The molecule has 0 bridgehead atoms. The van der Waals surface area contributed by atoms with Crippen LogP contribution in [0.1, 0.15) is 13.8 Å². The predicted octanol–water partition coefficient (Wildman–Crippen LogP) is 1.03. The van der Waals surface area contributed by atoms with Gasteiger partial charge in [-0.25, -0.2) is 4.99 Å². The van der Waals surface area contributed by atoms with Gasteiger partial charge in [0, 0.05) is 20.2 Å². The molecule has 0 radical (unpaired) electrons. The van der Waals surface area contributed by atoms with Crippen LogP contribution in [0.2, 0.25) is 0 Å². The van der Waals surface area contributed by atoms with Crippen LogP contribution >= 0.6 is 0 Å². The van der Waals surface area contributed by atoms with Gasteiger partial charge in [0.1, 0.15) is 0 Å². The Morgan fingerprint density at radius 2 is 2.20 bits per heavy atom. The smallest absolute Gasteiger partial charge is 0.224 e. The van der Waals surface area contributed by atoms with Crippen molar-refractivity contribution in [3.8, 4) is 0 Å². The Hall–Kier alpha value is -1.12. The number of aliphatic imine (C=N–C) groups is 1. The van der Waals surface area contributed by atoms with E-state index in [4.69, 9.17) is 0 Å². The third kappa shape index (κ3) is 3.83. The van der Waals surface area contributed by atoms with E-state index >= 15 is 0 Å². The molecule has 0 aromatic rings. The number of nitrogens with zero attached hydrogens (tertiary/aromatic N) is 2. The van der Waals surface area contributed by atoms with Gasteiger partial charge >= 0.3 is 0 Å². The van der Waals surface area contributed by atoms with Crippen molar-refractivity contribution >= 4 is 12.2 Å². The van der Waals surface area contributed by atoms with Crippen LogP contribution in [0.3, 0.4) is 0 Å². The lowest BCUT2D eigenvalue weighted by molar-refractivity contribution is -0.123. The quantitative estimate of drug-likeness (QED) is 0.416. The van der Waals surface area contributed by atoms with Crippen LogP contribution < -0.4 is 0 Å². The highest BCUT2D eigenvalue weighted by Gasteiger charge is 1.93. The molecule has 0 aromatic heterocycles. The molecule has 0 spiro atoms. The Bertz CT molecular complexity index is 161.